The predicted molar refractivity (Wildman–Crippen MR) is 115 cm³/mol. The van der Waals surface area contributed by atoms with Gasteiger partial charge < -0.3 is 14.5 Å². The van der Waals surface area contributed by atoms with Crippen LogP contribution in [0.4, 0.5) is 0 Å². The predicted octanol–water partition coefficient (Wildman–Crippen LogP) is 3.76. The minimum absolute atomic E-state index is 0.0776. The van der Waals surface area contributed by atoms with Crippen LogP contribution in [0.1, 0.15) is 15.9 Å². The summed E-state index contributed by atoms with van der Waals surface area (Å²) in [5.74, 6) is 0.935. The molecular formula is C24H25N3O2. The molecule has 1 amide bonds. The van der Waals surface area contributed by atoms with Crippen molar-refractivity contribution in [2.75, 3.05) is 33.3 Å². The van der Waals surface area contributed by atoms with Crippen molar-refractivity contribution in [1.82, 2.24) is 14.8 Å². The zero-order valence-electron chi connectivity index (χ0n) is 16.7. The van der Waals surface area contributed by atoms with Gasteiger partial charge in [0.05, 0.1) is 12.6 Å². The van der Waals surface area contributed by atoms with Gasteiger partial charge in [0.1, 0.15) is 5.75 Å². The van der Waals surface area contributed by atoms with Crippen molar-refractivity contribution < 1.29 is 9.53 Å². The lowest BCUT2D eigenvalue weighted by molar-refractivity contribution is 0.0668. The first-order valence-electron chi connectivity index (χ1n) is 9.84. The molecule has 1 aliphatic heterocycles. The highest BCUT2D eigenvalue weighted by Gasteiger charge is 2.23. The van der Waals surface area contributed by atoms with Crippen molar-refractivity contribution in [3.05, 3.63) is 84.2 Å². The van der Waals surface area contributed by atoms with Crippen molar-refractivity contribution in [3.8, 4) is 5.75 Å². The SMILES string of the molecule is C=C(Cc1cccc(OC)c1)N1CCN(C(=O)c2ccc3ncccc3c2)CC1. The number of nitrogens with zero attached hydrogens (tertiary/aromatic N) is 3. The molecule has 5 heteroatoms. The molecule has 29 heavy (non-hydrogen) atoms. The average Bonchev–Trinajstić information content (AvgIpc) is 2.78. The van der Waals surface area contributed by atoms with Gasteiger partial charge in [-0.05, 0) is 42.0 Å². The number of aromatic nitrogens is 1. The number of rotatable bonds is 5. The van der Waals surface area contributed by atoms with E-state index in [1.807, 2.05) is 53.4 Å². The van der Waals surface area contributed by atoms with Crippen LogP contribution in [-0.2, 0) is 6.42 Å². The second-order valence-electron chi connectivity index (χ2n) is 7.28. The Morgan fingerprint density at radius 2 is 1.83 bits per heavy atom. The van der Waals surface area contributed by atoms with E-state index in [2.05, 4.69) is 22.5 Å². The lowest BCUT2D eigenvalue weighted by Gasteiger charge is -2.37. The lowest BCUT2D eigenvalue weighted by Crippen LogP contribution is -2.48. The first-order valence-corrected chi connectivity index (χ1v) is 9.84. The van der Waals surface area contributed by atoms with Gasteiger partial charge in [0.15, 0.2) is 0 Å². The highest BCUT2D eigenvalue weighted by molar-refractivity contribution is 5.98. The fourth-order valence-electron chi connectivity index (χ4n) is 3.75. The normalized spacial score (nSPS) is 14.1. The number of ether oxygens (including phenoxy) is 1. The van der Waals surface area contributed by atoms with E-state index < -0.39 is 0 Å². The molecule has 0 aliphatic carbocycles. The fraction of sp³-hybridized carbons (Fsp3) is 0.250. The third-order valence-corrected chi connectivity index (χ3v) is 5.41. The van der Waals surface area contributed by atoms with Gasteiger partial charge in [0.25, 0.3) is 5.91 Å². The molecule has 0 bridgehead atoms. The quantitative estimate of drug-likeness (QED) is 0.669. The summed E-state index contributed by atoms with van der Waals surface area (Å²) >= 11 is 0. The second-order valence-corrected chi connectivity index (χ2v) is 7.28. The number of carbonyl (C=O) groups excluding carboxylic acids is 1. The van der Waals surface area contributed by atoms with E-state index in [1.165, 1.54) is 5.56 Å². The van der Waals surface area contributed by atoms with Crippen molar-refractivity contribution in [2.24, 2.45) is 0 Å². The van der Waals surface area contributed by atoms with E-state index in [1.54, 1.807) is 13.3 Å². The van der Waals surface area contributed by atoms with Crippen LogP contribution in [-0.4, -0.2) is 54.0 Å². The van der Waals surface area contributed by atoms with Crippen molar-refractivity contribution in [2.45, 2.75) is 6.42 Å². The Morgan fingerprint density at radius 3 is 2.62 bits per heavy atom. The van der Waals surface area contributed by atoms with E-state index in [4.69, 9.17) is 4.74 Å². The molecule has 2 aromatic carbocycles. The van der Waals surface area contributed by atoms with Gasteiger partial charge in [0, 0.05) is 55.4 Å². The number of fused-ring (bicyclic) bond motifs is 1. The van der Waals surface area contributed by atoms with Gasteiger partial charge in [-0.25, -0.2) is 0 Å². The largest absolute Gasteiger partial charge is 0.497 e. The topological polar surface area (TPSA) is 45.7 Å². The standard InChI is InChI=1S/C24H25N3O2/c1-18(15-19-5-3-7-22(16-19)29-2)26-11-13-27(14-12-26)24(28)21-8-9-23-20(17-21)6-4-10-25-23/h3-10,16-17H,1,11-15H2,2H3. The van der Waals surface area contributed by atoms with Crippen molar-refractivity contribution >= 4 is 16.8 Å². The Kier molecular flexibility index (Phi) is 5.47. The summed E-state index contributed by atoms with van der Waals surface area (Å²) in [7, 11) is 1.68. The Hall–Kier alpha value is -3.34. The number of allylic oxidation sites excluding steroid dienone is 1. The molecule has 1 fully saturated rings. The van der Waals surface area contributed by atoms with Crippen LogP contribution in [0.15, 0.2) is 73.1 Å². The molecule has 5 nitrogen and oxygen atoms in total. The molecular weight excluding hydrogens is 362 g/mol. The Morgan fingerprint density at radius 1 is 1.03 bits per heavy atom. The number of amides is 1. The summed E-state index contributed by atoms with van der Waals surface area (Å²) in [5.41, 5.74) is 3.87. The van der Waals surface area contributed by atoms with E-state index in [9.17, 15) is 4.79 Å². The van der Waals surface area contributed by atoms with Gasteiger partial charge in [-0.2, -0.15) is 0 Å². The van der Waals surface area contributed by atoms with Gasteiger partial charge in [-0.1, -0.05) is 24.8 Å². The van der Waals surface area contributed by atoms with Crippen LogP contribution >= 0.6 is 0 Å². The molecule has 148 valence electrons. The maximum absolute atomic E-state index is 12.9. The smallest absolute Gasteiger partial charge is 0.253 e. The van der Waals surface area contributed by atoms with E-state index >= 15 is 0 Å². The molecule has 4 rings (SSSR count). The zero-order valence-corrected chi connectivity index (χ0v) is 16.7. The molecule has 2 heterocycles. The maximum Gasteiger partial charge on any atom is 0.253 e. The van der Waals surface area contributed by atoms with Gasteiger partial charge in [-0.3, -0.25) is 9.78 Å². The minimum atomic E-state index is 0.0776. The van der Waals surface area contributed by atoms with Crippen LogP contribution in [0.2, 0.25) is 0 Å². The molecule has 0 atom stereocenters. The van der Waals surface area contributed by atoms with Gasteiger partial charge in [-0.15, -0.1) is 0 Å². The molecule has 0 N–H and O–H groups in total. The van der Waals surface area contributed by atoms with Crippen LogP contribution < -0.4 is 4.74 Å². The fourth-order valence-corrected chi connectivity index (χ4v) is 3.75. The summed E-state index contributed by atoms with van der Waals surface area (Å²) in [6, 6.07) is 17.7. The van der Waals surface area contributed by atoms with E-state index in [-0.39, 0.29) is 5.91 Å². The number of carbonyl (C=O) groups is 1. The lowest BCUT2D eigenvalue weighted by atomic mass is 10.1. The number of benzene rings is 2. The van der Waals surface area contributed by atoms with E-state index in [0.717, 1.165) is 41.9 Å². The minimum Gasteiger partial charge on any atom is -0.497 e. The monoisotopic (exact) mass is 387 g/mol. The highest BCUT2D eigenvalue weighted by Crippen LogP contribution is 2.20. The van der Waals surface area contributed by atoms with E-state index in [0.29, 0.717) is 18.7 Å². The molecule has 0 unspecified atom stereocenters. The van der Waals surface area contributed by atoms with Crippen LogP contribution in [0, 0.1) is 0 Å². The Labute approximate surface area is 171 Å². The number of piperazine rings is 1. The van der Waals surface area contributed by atoms with Crippen molar-refractivity contribution in [3.63, 3.8) is 0 Å². The number of methoxy groups -OCH3 is 1. The summed E-state index contributed by atoms with van der Waals surface area (Å²) in [5, 5.41) is 0.989. The molecule has 1 saturated heterocycles. The van der Waals surface area contributed by atoms with Crippen LogP contribution in [0.5, 0.6) is 5.75 Å². The Balaban J connectivity index is 1.36. The second kappa shape index (κ2) is 8.35. The molecule has 0 saturated carbocycles. The number of hydrogen-bond acceptors (Lipinski definition) is 4. The van der Waals surface area contributed by atoms with Crippen LogP contribution in [0.3, 0.4) is 0 Å². The zero-order chi connectivity index (χ0) is 20.2. The van der Waals surface area contributed by atoms with Crippen molar-refractivity contribution in [1.29, 1.82) is 0 Å². The Bertz CT molecular complexity index is 1040. The first-order chi connectivity index (χ1) is 14.1. The highest BCUT2D eigenvalue weighted by atomic mass is 16.5. The van der Waals surface area contributed by atoms with Crippen LogP contribution in [0.25, 0.3) is 10.9 Å². The summed E-state index contributed by atoms with van der Waals surface area (Å²) in [6.07, 6.45) is 2.55. The molecule has 1 aliphatic rings. The molecule has 1 aromatic heterocycles. The van der Waals surface area contributed by atoms with Gasteiger partial charge >= 0.3 is 0 Å². The first kappa shape index (κ1) is 19.0. The molecule has 0 spiro atoms. The number of hydrogen-bond donors (Lipinski definition) is 0. The maximum atomic E-state index is 12.9. The summed E-state index contributed by atoms with van der Waals surface area (Å²) in [6.45, 7) is 7.25. The third-order valence-electron chi connectivity index (χ3n) is 5.41. The summed E-state index contributed by atoms with van der Waals surface area (Å²) in [4.78, 5) is 21.4. The van der Waals surface area contributed by atoms with Gasteiger partial charge in [0.2, 0.25) is 0 Å². The third kappa shape index (κ3) is 4.24. The molecule has 3 aromatic rings. The summed E-state index contributed by atoms with van der Waals surface area (Å²) < 4.78 is 5.30. The molecule has 0 radical (unpaired) electrons. The average molecular weight is 387 g/mol. The number of pyridine rings is 1.